The van der Waals surface area contributed by atoms with Crippen LogP contribution in [0.15, 0.2) is 114 Å². The molecule has 37 heavy (non-hydrogen) atoms. The summed E-state index contributed by atoms with van der Waals surface area (Å²) in [7, 11) is 3.89. The predicted octanol–water partition coefficient (Wildman–Crippen LogP) is 6.10. The molecule has 0 saturated carbocycles. The number of halogens is 1. The van der Waals surface area contributed by atoms with E-state index in [0.717, 1.165) is 16.7 Å². The average Bonchev–Trinajstić information content (AvgIpc) is 2.91. The average molecular weight is 516 g/mol. The van der Waals surface area contributed by atoms with E-state index in [1.807, 2.05) is 130 Å². The Labute approximate surface area is 225 Å². The lowest BCUT2D eigenvalue weighted by Gasteiger charge is -2.02. The largest absolute Gasteiger partial charge is 0.384 e. The zero-order valence-electron chi connectivity index (χ0n) is 21.6. The van der Waals surface area contributed by atoms with Crippen LogP contribution in [0.3, 0.4) is 0 Å². The first kappa shape index (κ1) is 30.7. The highest BCUT2D eigenvalue weighted by atomic mass is 35.5. The van der Waals surface area contributed by atoms with Crippen LogP contribution >= 0.6 is 12.4 Å². The lowest BCUT2D eigenvalue weighted by atomic mass is 10.2. The summed E-state index contributed by atoms with van der Waals surface area (Å²) in [6, 6.07) is 29.0. The van der Waals surface area contributed by atoms with Gasteiger partial charge in [0.2, 0.25) is 0 Å². The van der Waals surface area contributed by atoms with Crippen molar-refractivity contribution in [2.75, 3.05) is 14.1 Å². The molecule has 0 fully saturated rings. The second-order valence-corrected chi connectivity index (χ2v) is 8.08. The normalized spacial score (nSPS) is 9.51. The summed E-state index contributed by atoms with van der Waals surface area (Å²) in [5.74, 6) is 1.52. The molecule has 0 aliphatic heterocycles. The molecule has 7 nitrogen and oxygen atoms in total. The summed E-state index contributed by atoms with van der Waals surface area (Å²) < 4.78 is 0. The molecule has 0 saturated heterocycles. The third kappa shape index (κ3) is 12.2. The van der Waals surface area contributed by atoms with E-state index in [2.05, 4.69) is 19.9 Å². The minimum absolute atomic E-state index is 0. The molecule has 0 bridgehead atoms. The number of rotatable bonds is 5. The summed E-state index contributed by atoms with van der Waals surface area (Å²) in [6.45, 7) is 4.04. The van der Waals surface area contributed by atoms with Crippen LogP contribution in [0.1, 0.15) is 19.4 Å². The first-order chi connectivity index (χ1) is 17.4. The second kappa shape index (κ2) is 17.1. The van der Waals surface area contributed by atoms with Crippen molar-refractivity contribution >= 4 is 24.6 Å². The first-order valence-corrected chi connectivity index (χ1v) is 11.4. The third-order valence-corrected chi connectivity index (χ3v) is 4.35. The molecule has 3 N–H and O–H groups in total. The number of benzene rings is 3. The van der Waals surface area contributed by atoms with Crippen molar-refractivity contribution in [2.24, 2.45) is 10.7 Å². The Bertz CT molecular complexity index is 1180. The zero-order chi connectivity index (χ0) is 26.2. The number of nitrogens with zero attached hydrogens (tertiary/aromatic N) is 5. The van der Waals surface area contributed by atoms with Gasteiger partial charge in [-0.2, -0.15) is 0 Å². The highest BCUT2D eigenvalue weighted by Gasteiger charge is 2.04. The fourth-order valence-electron chi connectivity index (χ4n) is 2.68. The van der Waals surface area contributed by atoms with E-state index < -0.39 is 0 Å². The van der Waals surface area contributed by atoms with Gasteiger partial charge >= 0.3 is 0 Å². The van der Waals surface area contributed by atoms with Crippen LogP contribution in [0.5, 0.6) is 0 Å². The molecule has 3 aromatic carbocycles. The highest BCUT2D eigenvalue weighted by molar-refractivity contribution is 5.94. The summed E-state index contributed by atoms with van der Waals surface area (Å²) in [6.07, 6.45) is 5.16. The van der Waals surface area contributed by atoms with Gasteiger partial charge in [-0.1, -0.05) is 96.6 Å². The van der Waals surface area contributed by atoms with Gasteiger partial charge in [-0.05, 0) is 13.8 Å². The van der Waals surface area contributed by atoms with E-state index in [4.69, 9.17) is 11.1 Å². The standard InChI is InChI=1S/C15H11N3.C7H8N2.C7H14N2.ClH/c1-3-7-12(8-4-1)14-16-11-17-15(18-14)13-9-5-2-6-10-13;8-7(9)6-4-2-1-3-5-6;1-7(2)5-8-6-9(3)4;/h1-11H;1-5H,(H3,8,9);5-6H,1-4H3;1H. The maximum Gasteiger partial charge on any atom is 0.163 e. The van der Waals surface area contributed by atoms with Crippen LogP contribution < -0.4 is 5.73 Å². The van der Waals surface area contributed by atoms with Gasteiger partial charge in [0.05, 0.1) is 6.34 Å². The number of hydrogen-bond donors (Lipinski definition) is 2. The van der Waals surface area contributed by atoms with Gasteiger partial charge in [-0.25, -0.2) is 19.9 Å². The monoisotopic (exact) mass is 515 g/mol. The van der Waals surface area contributed by atoms with E-state index in [1.165, 1.54) is 5.57 Å². The van der Waals surface area contributed by atoms with Crippen molar-refractivity contribution in [3.63, 3.8) is 0 Å². The highest BCUT2D eigenvalue weighted by Crippen LogP contribution is 2.18. The third-order valence-electron chi connectivity index (χ3n) is 4.35. The zero-order valence-corrected chi connectivity index (χ0v) is 22.4. The summed E-state index contributed by atoms with van der Waals surface area (Å²) in [4.78, 5) is 18.8. The second-order valence-electron chi connectivity index (χ2n) is 8.08. The van der Waals surface area contributed by atoms with Gasteiger partial charge in [-0.15, -0.1) is 12.4 Å². The van der Waals surface area contributed by atoms with Gasteiger partial charge in [0.1, 0.15) is 12.2 Å². The maximum absolute atomic E-state index is 7.01. The van der Waals surface area contributed by atoms with Gasteiger partial charge in [0.15, 0.2) is 11.6 Å². The van der Waals surface area contributed by atoms with Gasteiger partial charge in [-0.3, -0.25) is 5.41 Å². The lowest BCUT2D eigenvalue weighted by Crippen LogP contribution is -2.10. The number of nitrogen functional groups attached to an aromatic ring is 1. The molecule has 1 aromatic heterocycles. The first-order valence-electron chi connectivity index (χ1n) is 11.4. The lowest BCUT2D eigenvalue weighted by molar-refractivity contribution is 0.643. The quantitative estimate of drug-likeness (QED) is 0.247. The number of nitrogens with two attached hydrogens (primary N) is 1. The molecule has 0 atom stereocenters. The van der Waals surface area contributed by atoms with E-state index >= 15 is 0 Å². The Balaban J connectivity index is 0.000000307. The van der Waals surface area contributed by atoms with Crippen LogP contribution in [-0.4, -0.2) is 46.1 Å². The SMILES string of the molecule is CC(C)=CN=CN(C)C.Cl.N=C(N)c1ccccc1.c1ccc(-c2ncnc(-c3ccccc3)n2)cc1. The fraction of sp³-hybridized carbons (Fsp3) is 0.138. The number of amidine groups is 1. The fourth-order valence-corrected chi connectivity index (χ4v) is 2.68. The molecular weight excluding hydrogens is 482 g/mol. The molecule has 1 heterocycles. The Morgan fingerprint density at radius 2 is 1.22 bits per heavy atom. The van der Waals surface area contributed by atoms with Crippen molar-refractivity contribution in [3.8, 4) is 22.8 Å². The number of hydrogen-bond acceptors (Lipinski definition) is 5. The van der Waals surface area contributed by atoms with Crippen molar-refractivity contribution in [3.05, 3.63) is 115 Å². The van der Waals surface area contributed by atoms with Gasteiger partial charge < -0.3 is 10.6 Å². The minimum atomic E-state index is 0. The molecule has 8 heteroatoms. The van der Waals surface area contributed by atoms with E-state index in [9.17, 15) is 0 Å². The smallest absolute Gasteiger partial charge is 0.163 e. The van der Waals surface area contributed by atoms with Crippen LogP contribution in [-0.2, 0) is 0 Å². The molecule has 0 radical (unpaired) electrons. The number of allylic oxidation sites excluding steroid dienone is 1. The van der Waals surface area contributed by atoms with Crippen LogP contribution in [0, 0.1) is 5.41 Å². The molecular formula is C29H34ClN7. The Morgan fingerprint density at radius 3 is 1.57 bits per heavy atom. The van der Waals surface area contributed by atoms with E-state index in [0.29, 0.717) is 11.6 Å². The molecule has 4 aromatic rings. The molecule has 192 valence electrons. The topological polar surface area (TPSA) is 104 Å². The maximum atomic E-state index is 7.01. The van der Waals surface area contributed by atoms with Gasteiger partial charge in [0.25, 0.3) is 0 Å². The van der Waals surface area contributed by atoms with Crippen LogP contribution in [0.4, 0.5) is 0 Å². The molecule has 0 spiro atoms. The summed E-state index contributed by atoms with van der Waals surface area (Å²) in [5, 5.41) is 7.01. The predicted molar refractivity (Wildman–Crippen MR) is 157 cm³/mol. The number of aromatic nitrogens is 3. The molecule has 0 unspecified atom stereocenters. The Morgan fingerprint density at radius 1 is 0.784 bits per heavy atom. The molecule has 0 aliphatic carbocycles. The van der Waals surface area contributed by atoms with Crippen molar-refractivity contribution in [1.82, 2.24) is 19.9 Å². The number of nitrogens with one attached hydrogen (secondary N) is 1. The Hall–Kier alpha value is -4.36. The molecule has 4 rings (SSSR count). The number of aliphatic imine (C=N–C) groups is 1. The molecule has 0 aliphatic rings. The molecule has 0 amide bonds. The van der Waals surface area contributed by atoms with Crippen molar-refractivity contribution < 1.29 is 0 Å². The van der Waals surface area contributed by atoms with Crippen molar-refractivity contribution in [2.45, 2.75) is 13.8 Å². The van der Waals surface area contributed by atoms with Crippen LogP contribution in [0.2, 0.25) is 0 Å². The summed E-state index contributed by atoms with van der Waals surface area (Å²) in [5.41, 5.74) is 9.18. The minimum Gasteiger partial charge on any atom is -0.384 e. The van der Waals surface area contributed by atoms with E-state index in [1.54, 1.807) is 12.7 Å². The van der Waals surface area contributed by atoms with E-state index in [-0.39, 0.29) is 18.2 Å². The van der Waals surface area contributed by atoms with Crippen molar-refractivity contribution in [1.29, 1.82) is 5.41 Å². The Kier molecular flexibility index (Phi) is 14.2. The summed E-state index contributed by atoms with van der Waals surface area (Å²) >= 11 is 0. The van der Waals surface area contributed by atoms with Gasteiger partial charge in [0, 0.05) is 37.0 Å². The van der Waals surface area contributed by atoms with Crippen LogP contribution in [0.25, 0.3) is 22.8 Å².